The minimum atomic E-state index is -0.197. The number of para-hydroxylation sites is 1. The summed E-state index contributed by atoms with van der Waals surface area (Å²) >= 11 is 0. The van der Waals surface area contributed by atoms with Gasteiger partial charge in [0.2, 0.25) is 11.8 Å². The number of rotatable bonds is 6. The second-order valence-electron chi connectivity index (χ2n) is 6.84. The molecule has 6 nitrogen and oxygen atoms in total. The summed E-state index contributed by atoms with van der Waals surface area (Å²) in [6, 6.07) is 13.9. The van der Waals surface area contributed by atoms with Crippen LogP contribution in [0, 0.1) is 5.82 Å². The number of carbonyl (C=O) groups is 2. The SMILES string of the molecule is CC(=O)Nc1cccc(NC(=O)CCN2CCN(c3ccccc3F)CC2)c1. The van der Waals surface area contributed by atoms with Gasteiger partial charge >= 0.3 is 0 Å². The molecule has 2 aromatic carbocycles. The third-order valence-corrected chi connectivity index (χ3v) is 4.69. The highest BCUT2D eigenvalue weighted by Crippen LogP contribution is 2.20. The summed E-state index contributed by atoms with van der Waals surface area (Å²) in [6.07, 6.45) is 0.379. The lowest BCUT2D eigenvalue weighted by Crippen LogP contribution is -2.47. The van der Waals surface area contributed by atoms with Gasteiger partial charge in [-0.2, -0.15) is 0 Å². The Kier molecular flexibility index (Phi) is 6.60. The smallest absolute Gasteiger partial charge is 0.225 e. The lowest BCUT2D eigenvalue weighted by atomic mass is 10.2. The first-order valence-corrected chi connectivity index (χ1v) is 9.40. The third kappa shape index (κ3) is 5.53. The Morgan fingerprint density at radius 3 is 2.32 bits per heavy atom. The van der Waals surface area contributed by atoms with E-state index in [0.29, 0.717) is 30.0 Å². The molecule has 0 saturated carbocycles. The minimum absolute atomic E-state index is 0.0727. The Hall–Kier alpha value is -2.93. The molecule has 1 heterocycles. The van der Waals surface area contributed by atoms with Crippen molar-refractivity contribution >= 4 is 28.9 Å². The van der Waals surface area contributed by atoms with Gasteiger partial charge in [-0.1, -0.05) is 18.2 Å². The Bertz CT molecular complexity index is 835. The second-order valence-corrected chi connectivity index (χ2v) is 6.84. The van der Waals surface area contributed by atoms with Crippen LogP contribution in [0.25, 0.3) is 0 Å². The number of nitrogens with zero attached hydrogens (tertiary/aromatic N) is 2. The van der Waals surface area contributed by atoms with Crippen LogP contribution >= 0.6 is 0 Å². The number of hydrogen-bond acceptors (Lipinski definition) is 4. The molecule has 0 spiro atoms. The van der Waals surface area contributed by atoms with E-state index in [1.54, 1.807) is 36.4 Å². The van der Waals surface area contributed by atoms with Crippen molar-refractivity contribution in [2.75, 3.05) is 48.3 Å². The first-order valence-electron chi connectivity index (χ1n) is 9.40. The summed E-state index contributed by atoms with van der Waals surface area (Å²) in [4.78, 5) is 27.6. The highest BCUT2D eigenvalue weighted by Gasteiger charge is 2.19. The maximum atomic E-state index is 13.9. The number of carbonyl (C=O) groups excluding carboxylic acids is 2. The maximum Gasteiger partial charge on any atom is 0.225 e. The molecule has 0 aromatic heterocycles. The average Bonchev–Trinajstić information content (AvgIpc) is 2.67. The monoisotopic (exact) mass is 384 g/mol. The molecule has 7 heteroatoms. The molecule has 1 aliphatic heterocycles. The highest BCUT2D eigenvalue weighted by atomic mass is 19.1. The van der Waals surface area contributed by atoms with E-state index in [9.17, 15) is 14.0 Å². The number of piperazine rings is 1. The van der Waals surface area contributed by atoms with Crippen molar-refractivity contribution in [3.8, 4) is 0 Å². The first-order chi connectivity index (χ1) is 13.5. The molecule has 1 saturated heterocycles. The van der Waals surface area contributed by atoms with Crippen LogP contribution in [0.3, 0.4) is 0 Å². The summed E-state index contributed by atoms with van der Waals surface area (Å²) < 4.78 is 13.9. The van der Waals surface area contributed by atoms with Crippen LogP contribution in [0.2, 0.25) is 0 Å². The van der Waals surface area contributed by atoms with Crippen molar-refractivity contribution in [3.63, 3.8) is 0 Å². The van der Waals surface area contributed by atoms with E-state index >= 15 is 0 Å². The average molecular weight is 384 g/mol. The normalized spacial score (nSPS) is 14.6. The minimum Gasteiger partial charge on any atom is -0.367 e. The molecule has 148 valence electrons. The molecular formula is C21H25FN4O2. The number of anilines is 3. The Morgan fingerprint density at radius 2 is 1.64 bits per heavy atom. The fraction of sp³-hybridized carbons (Fsp3) is 0.333. The van der Waals surface area contributed by atoms with Gasteiger partial charge in [0.1, 0.15) is 5.82 Å². The van der Waals surface area contributed by atoms with E-state index in [0.717, 1.165) is 26.2 Å². The number of hydrogen-bond donors (Lipinski definition) is 2. The van der Waals surface area contributed by atoms with Crippen LogP contribution in [0.1, 0.15) is 13.3 Å². The number of amides is 2. The topological polar surface area (TPSA) is 64.7 Å². The molecule has 0 bridgehead atoms. The van der Waals surface area contributed by atoms with Gasteiger partial charge in [-0.25, -0.2) is 4.39 Å². The quantitative estimate of drug-likeness (QED) is 0.804. The zero-order valence-electron chi connectivity index (χ0n) is 16.0. The Morgan fingerprint density at radius 1 is 0.964 bits per heavy atom. The van der Waals surface area contributed by atoms with Crippen LogP contribution in [0.15, 0.2) is 48.5 Å². The van der Waals surface area contributed by atoms with Crippen molar-refractivity contribution in [2.45, 2.75) is 13.3 Å². The van der Waals surface area contributed by atoms with Crippen LogP contribution < -0.4 is 15.5 Å². The van der Waals surface area contributed by atoms with Crippen molar-refractivity contribution < 1.29 is 14.0 Å². The number of nitrogens with one attached hydrogen (secondary N) is 2. The third-order valence-electron chi connectivity index (χ3n) is 4.69. The van der Waals surface area contributed by atoms with Crippen molar-refractivity contribution in [3.05, 3.63) is 54.3 Å². The van der Waals surface area contributed by atoms with Crippen LogP contribution in [-0.2, 0) is 9.59 Å². The Balaban J connectivity index is 1.43. The van der Waals surface area contributed by atoms with E-state index in [1.807, 2.05) is 11.0 Å². The molecule has 1 aliphatic rings. The van der Waals surface area contributed by atoms with Gasteiger partial charge in [0.15, 0.2) is 0 Å². The highest BCUT2D eigenvalue weighted by molar-refractivity contribution is 5.93. The predicted octanol–water partition coefficient (Wildman–Crippen LogP) is 2.93. The van der Waals surface area contributed by atoms with E-state index in [-0.39, 0.29) is 17.6 Å². The lowest BCUT2D eigenvalue weighted by Gasteiger charge is -2.36. The zero-order valence-corrected chi connectivity index (χ0v) is 16.0. The number of halogens is 1. The first kappa shape index (κ1) is 19.8. The fourth-order valence-corrected chi connectivity index (χ4v) is 3.28. The van der Waals surface area contributed by atoms with Crippen LogP contribution in [0.4, 0.5) is 21.5 Å². The summed E-state index contributed by atoms with van der Waals surface area (Å²) in [5.41, 5.74) is 1.94. The number of benzene rings is 2. The van der Waals surface area contributed by atoms with Crippen LogP contribution in [0.5, 0.6) is 0 Å². The summed E-state index contributed by atoms with van der Waals surface area (Å²) in [5.74, 6) is -0.425. The van der Waals surface area contributed by atoms with E-state index in [2.05, 4.69) is 15.5 Å². The maximum absolute atomic E-state index is 13.9. The summed E-state index contributed by atoms with van der Waals surface area (Å²) in [6.45, 7) is 5.15. The van der Waals surface area contributed by atoms with Crippen molar-refractivity contribution in [1.82, 2.24) is 4.90 Å². The van der Waals surface area contributed by atoms with Crippen LogP contribution in [-0.4, -0.2) is 49.4 Å². The molecule has 3 rings (SSSR count). The molecule has 0 radical (unpaired) electrons. The molecule has 0 aliphatic carbocycles. The molecule has 0 unspecified atom stereocenters. The van der Waals surface area contributed by atoms with Crippen molar-refractivity contribution in [2.24, 2.45) is 0 Å². The largest absolute Gasteiger partial charge is 0.367 e. The molecule has 28 heavy (non-hydrogen) atoms. The van der Waals surface area contributed by atoms with Gasteiger partial charge in [-0.15, -0.1) is 0 Å². The second kappa shape index (κ2) is 9.32. The molecule has 2 N–H and O–H groups in total. The summed E-state index contributed by atoms with van der Waals surface area (Å²) in [7, 11) is 0. The lowest BCUT2D eigenvalue weighted by molar-refractivity contribution is -0.116. The van der Waals surface area contributed by atoms with E-state index in [4.69, 9.17) is 0 Å². The Labute approximate surface area is 164 Å². The summed E-state index contributed by atoms with van der Waals surface area (Å²) in [5, 5.41) is 5.55. The van der Waals surface area contributed by atoms with E-state index < -0.39 is 0 Å². The molecule has 2 aromatic rings. The van der Waals surface area contributed by atoms with Crippen molar-refractivity contribution in [1.29, 1.82) is 0 Å². The molecule has 0 atom stereocenters. The fourth-order valence-electron chi connectivity index (χ4n) is 3.28. The van der Waals surface area contributed by atoms with Gasteiger partial charge in [0, 0.05) is 57.4 Å². The zero-order chi connectivity index (χ0) is 19.9. The van der Waals surface area contributed by atoms with Gasteiger partial charge in [0.05, 0.1) is 5.69 Å². The van der Waals surface area contributed by atoms with Gasteiger partial charge < -0.3 is 15.5 Å². The molecular weight excluding hydrogens is 359 g/mol. The standard InChI is InChI=1S/C21H25FN4O2/c1-16(27)23-17-5-4-6-18(15-17)24-21(28)9-10-25-11-13-26(14-12-25)20-8-3-2-7-19(20)22/h2-8,15H,9-14H2,1H3,(H,23,27)(H,24,28). The van der Waals surface area contributed by atoms with Gasteiger partial charge in [-0.05, 0) is 30.3 Å². The van der Waals surface area contributed by atoms with Gasteiger partial charge in [0.25, 0.3) is 0 Å². The van der Waals surface area contributed by atoms with Gasteiger partial charge in [-0.3, -0.25) is 14.5 Å². The molecule has 2 amide bonds. The predicted molar refractivity (Wildman–Crippen MR) is 109 cm³/mol. The van der Waals surface area contributed by atoms with E-state index in [1.165, 1.54) is 13.0 Å². The molecule has 1 fully saturated rings.